The fourth-order valence-corrected chi connectivity index (χ4v) is 13.5. The van der Waals surface area contributed by atoms with Crippen molar-refractivity contribution < 1.29 is 0 Å². The van der Waals surface area contributed by atoms with Gasteiger partial charge in [0.15, 0.2) is 0 Å². The van der Waals surface area contributed by atoms with Crippen LogP contribution in [0.1, 0.15) is 25.0 Å². The van der Waals surface area contributed by atoms with Crippen LogP contribution in [-0.2, 0) is 5.41 Å². The Kier molecular flexibility index (Phi) is 9.09. The first-order valence-corrected chi connectivity index (χ1v) is 26.5. The van der Waals surface area contributed by atoms with Crippen LogP contribution in [0.5, 0.6) is 0 Å². The molecule has 3 heteroatoms. The third-order valence-electron chi connectivity index (χ3n) is 16.9. The molecule has 3 heterocycles. The number of fused-ring (bicyclic) bond motifs is 12. The van der Waals surface area contributed by atoms with Crippen molar-refractivity contribution in [1.82, 2.24) is 9.13 Å². The molecule has 0 N–H and O–H groups in total. The van der Waals surface area contributed by atoms with Crippen LogP contribution in [0, 0.1) is 0 Å². The highest BCUT2D eigenvalue weighted by molar-refractivity contribution is 6.26. The van der Waals surface area contributed by atoms with Gasteiger partial charge in [-0.1, -0.05) is 226 Å². The SMILES string of the molecule is CC1(C)c2ccc(-n3c4ccccc4c4ccccc43)cc2N(c2c3ccccc3c(-c3ccc(-c4cccc5ccccc45)c4ccccc34)c3ccccc23)c2cc(-n3c4ccccc4c4ccccc43)ccc21. The van der Waals surface area contributed by atoms with Gasteiger partial charge in [-0.25, -0.2) is 0 Å². The summed E-state index contributed by atoms with van der Waals surface area (Å²) < 4.78 is 4.93. The van der Waals surface area contributed by atoms with Gasteiger partial charge in [0, 0.05) is 49.1 Å². The van der Waals surface area contributed by atoms with Crippen LogP contribution < -0.4 is 4.90 Å². The van der Waals surface area contributed by atoms with Gasteiger partial charge in [0.05, 0.1) is 39.1 Å². The molecule has 15 aromatic rings. The quantitative estimate of drug-likeness (QED) is 0.157. The van der Waals surface area contributed by atoms with E-state index in [1.54, 1.807) is 0 Å². The number of aromatic nitrogens is 2. The summed E-state index contributed by atoms with van der Waals surface area (Å²) in [5.74, 6) is 0. The van der Waals surface area contributed by atoms with Crippen LogP contribution in [0.4, 0.5) is 17.1 Å². The number of hydrogen-bond acceptors (Lipinski definition) is 1. The molecule has 0 aliphatic carbocycles. The minimum atomic E-state index is -0.351. The predicted octanol–water partition coefficient (Wildman–Crippen LogP) is 19.9. The van der Waals surface area contributed by atoms with Crippen molar-refractivity contribution in [3.05, 3.63) is 272 Å². The third-order valence-corrected chi connectivity index (χ3v) is 16.9. The molecule has 76 heavy (non-hydrogen) atoms. The lowest BCUT2D eigenvalue weighted by Crippen LogP contribution is -2.31. The molecule has 16 rings (SSSR count). The summed E-state index contributed by atoms with van der Waals surface area (Å²) in [6.45, 7) is 4.82. The fraction of sp³-hybridized carbons (Fsp3) is 0.0411. The van der Waals surface area contributed by atoms with Crippen molar-refractivity contribution in [2.45, 2.75) is 19.3 Å². The van der Waals surface area contributed by atoms with Gasteiger partial charge in [-0.05, 0) is 114 Å². The van der Waals surface area contributed by atoms with E-state index in [1.165, 1.54) is 137 Å². The van der Waals surface area contributed by atoms with Crippen LogP contribution in [-0.4, -0.2) is 9.13 Å². The number of rotatable bonds is 5. The first-order chi connectivity index (χ1) is 37.5. The second-order valence-corrected chi connectivity index (χ2v) is 21.2. The Morgan fingerprint density at radius 3 is 1.12 bits per heavy atom. The molecule has 0 atom stereocenters. The molecule has 0 saturated carbocycles. The molecule has 0 bridgehead atoms. The molecule has 0 spiro atoms. The predicted molar refractivity (Wildman–Crippen MR) is 323 cm³/mol. The maximum Gasteiger partial charge on any atom is 0.0619 e. The van der Waals surface area contributed by atoms with Gasteiger partial charge in [-0.3, -0.25) is 0 Å². The molecule has 0 fully saturated rings. The van der Waals surface area contributed by atoms with Crippen molar-refractivity contribution in [3.8, 4) is 33.6 Å². The van der Waals surface area contributed by atoms with Crippen molar-refractivity contribution in [2.24, 2.45) is 0 Å². The monoisotopic (exact) mass is 967 g/mol. The van der Waals surface area contributed by atoms with Gasteiger partial charge >= 0.3 is 0 Å². The van der Waals surface area contributed by atoms with Gasteiger partial charge in [0.1, 0.15) is 0 Å². The summed E-state index contributed by atoms with van der Waals surface area (Å²) in [6, 6.07) is 97.4. The summed E-state index contributed by atoms with van der Waals surface area (Å²) in [5.41, 5.74) is 17.7. The normalized spacial score (nSPS) is 13.2. The van der Waals surface area contributed by atoms with Gasteiger partial charge < -0.3 is 14.0 Å². The Hall–Kier alpha value is -9.70. The van der Waals surface area contributed by atoms with Gasteiger partial charge in [0.25, 0.3) is 0 Å². The summed E-state index contributed by atoms with van der Waals surface area (Å²) in [7, 11) is 0. The first-order valence-electron chi connectivity index (χ1n) is 26.5. The van der Waals surface area contributed by atoms with Gasteiger partial charge in [0.2, 0.25) is 0 Å². The number of para-hydroxylation sites is 4. The van der Waals surface area contributed by atoms with E-state index in [0.29, 0.717) is 0 Å². The molecule has 1 aliphatic rings. The Morgan fingerprint density at radius 2 is 0.632 bits per heavy atom. The Balaban J connectivity index is 1.01. The second-order valence-electron chi connectivity index (χ2n) is 21.2. The van der Waals surface area contributed by atoms with E-state index in [1.807, 2.05) is 0 Å². The van der Waals surface area contributed by atoms with Crippen molar-refractivity contribution in [2.75, 3.05) is 4.90 Å². The maximum atomic E-state index is 2.64. The Labute approximate surface area is 440 Å². The summed E-state index contributed by atoms with van der Waals surface area (Å²) in [5, 5.41) is 14.8. The average Bonchev–Trinajstić information content (AvgIpc) is 4.03. The molecule has 0 saturated heterocycles. The lowest BCUT2D eigenvalue weighted by atomic mass is 9.73. The zero-order valence-electron chi connectivity index (χ0n) is 42.2. The molecule has 0 radical (unpaired) electrons. The van der Waals surface area contributed by atoms with Crippen LogP contribution in [0.2, 0.25) is 0 Å². The molecular weight excluding hydrogens is 919 g/mol. The molecule has 1 aliphatic heterocycles. The van der Waals surface area contributed by atoms with Crippen LogP contribution in [0.3, 0.4) is 0 Å². The standard InChI is InChI=1S/C73H49N3/c1-73(2)63-42-38-47(74-65-34-15-11-25-54(65)55-26-12-16-35-66(55)74)44-69(63)76(70-45-48(39-43-64(70)73)75-67-36-17-13-27-56(67)57-28-14-18-37-68(57)75)72-61-31-9-7-29-58(61)71(59-30-8-10-32-62(59)72)60-41-40-53(51-23-5-6-24-52(51)60)50-33-19-21-46-20-3-4-22-49(46)50/h3-45H,1-2H3. The average molecular weight is 968 g/mol. The van der Waals surface area contributed by atoms with Gasteiger partial charge in [-0.15, -0.1) is 0 Å². The highest BCUT2D eigenvalue weighted by Gasteiger charge is 2.39. The van der Waals surface area contributed by atoms with Crippen molar-refractivity contribution >= 4 is 104 Å². The Bertz CT molecular complexity index is 4590. The number of nitrogens with zero attached hydrogens (tertiary/aromatic N) is 3. The highest BCUT2D eigenvalue weighted by atomic mass is 15.2. The van der Waals surface area contributed by atoms with Crippen LogP contribution in [0.15, 0.2) is 261 Å². The number of benzene rings is 13. The molecule has 0 amide bonds. The van der Waals surface area contributed by atoms with E-state index >= 15 is 0 Å². The zero-order valence-corrected chi connectivity index (χ0v) is 42.2. The topological polar surface area (TPSA) is 13.1 Å². The molecular formula is C73H49N3. The van der Waals surface area contributed by atoms with Crippen molar-refractivity contribution in [1.29, 1.82) is 0 Å². The molecule has 2 aromatic heterocycles. The zero-order chi connectivity index (χ0) is 50.2. The van der Waals surface area contributed by atoms with E-state index in [2.05, 4.69) is 289 Å². The molecule has 0 unspecified atom stereocenters. The van der Waals surface area contributed by atoms with E-state index < -0.39 is 0 Å². The molecule has 13 aromatic carbocycles. The van der Waals surface area contributed by atoms with Gasteiger partial charge in [-0.2, -0.15) is 0 Å². The van der Waals surface area contributed by atoms with Crippen LogP contribution in [0.25, 0.3) is 120 Å². The maximum absolute atomic E-state index is 2.64. The largest absolute Gasteiger partial charge is 0.309 e. The minimum Gasteiger partial charge on any atom is -0.309 e. The summed E-state index contributed by atoms with van der Waals surface area (Å²) in [4.78, 5) is 2.64. The van der Waals surface area contributed by atoms with E-state index in [0.717, 1.165) is 11.4 Å². The smallest absolute Gasteiger partial charge is 0.0619 e. The fourth-order valence-electron chi connectivity index (χ4n) is 13.5. The molecule has 3 nitrogen and oxygen atoms in total. The van der Waals surface area contributed by atoms with Crippen LogP contribution >= 0.6 is 0 Å². The van der Waals surface area contributed by atoms with E-state index in [4.69, 9.17) is 0 Å². The molecule has 356 valence electrons. The minimum absolute atomic E-state index is 0.351. The Morgan fingerprint density at radius 1 is 0.276 bits per heavy atom. The first kappa shape index (κ1) is 42.8. The number of anilines is 3. The third kappa shape index (κ3) is 6.00. The van der Waals surface area contributed by atoms with E-state index in [9.17, 15) is 0 Å². The number of hydrogen-bond donors (Lipinski definition) is 0. The lowest BCUT2D eigenvalue weighted by Gasteiger charge is -2.43. The van der Waals surface area contributed by atoms with Crippen molar-refractivity contribution in [3.63, 3.8) is 0 Å². The summed E-state index contributed by atoms with van der Waals surface area (Å²) in [6.07, 6.45) is 0. The van der Waals surface area contributed by atoms with E-state index in [-0.39, 0.29) is 5.41 Å². The second kappa shape index (κ2) is 16.1. The summed E-state index contributed by atoms with van der Waals surface area (Å²) >= 11 is 0. The lowest BCUT2D eigenvalue weighted by molar-refractivity contribution is 0.632. The highest BCUT2D eigenvalue weighted by Crippen LogP contribution is 2.57.